The van der Waals surface area contributed by atoms with E-state index < -0.39 is 17.5 Å². The normalized spacial score (nSPS) is 23.4. The average molecular weight is 377 g/mol. The SMILES string of the molecule is CC(C)CC(C(=O)NCC(=O)NC(C)(C)C)N1C(=O)C2CC=CCC2C1=O. The van der Waals surface area contributed by atoms with Crippen molar-refractivity contribution >= 4 is 23.6 Å². The Bertz CT molecular complexity index is 622. The van der Waals surface area contributed by atoms with Gasteiger partial charge in [0.2, 0.25) is 23.6 Å². The van der Waals surface area contributed by atoms with Gasteiger partial charge in [0, 0.05) is 5.54 Å². The minimum atomic E-state index is -0.877. The van der Waals surface area contributed by atoms with Crippen molar-refractivity contribution in [2.75, 3.05) is 6.54 Å². The molecule has 27 heavy (non-hydrogen) atoms. The molecule has 0 radical (unpaired) electrons. The number of hydrogen-bond donors (Lipinski definition) is 2. The number of nitrogens with zero attached hydrogens (tertiary/aromatic N) is 1. The van der Waals surface area contributed by atoms with Crippen LogP contribution in [0, 0.1) is 17.8 Å². The number of rotatable bonds is 6. The molecule has 0 bridgehead atoms. The van der Waals surface area contributed by atoms with E-state index >= 15 is 0 Å². The molecule has 1 heterocycles. The monoisotopic (exact) mass is 377 g/mol. The highest BCUT2D eigenvalue weighted by atomic mass is 16.2. The number of allylic oxidation sites excluding steroid dienone is 2. The summed E-state index contributed by atoms with van der Waals surface area (Å²) in [5.74, 6) is -1.92. The molecule has 1 saturated heterocycles. The Morgan fingerprint density at radius 1 is 1.11 bits per heavy atom. The molecular weight excluding hydrogens is 346 g/mol. The van der Waals surface area contributed by atoms with Crippen LogP contribution >= 0.6 is 0 Å². The zero-order chi connectivity index (χ0) is 20.4. The van der Waals surface area contributed by atoms with Crippen molar-refractivity contribution in [3.8, 4) is 0 Å². The van der Waals surface area contributed by atoms with Crippen molar-refractivity contribution < 1.29 is 19.2 Å². The maximum absolute atomic E-state index is 12.8. The van der Waals surface area contributed by atoms with Crippen LogP contribution in [0.4, 0.5) is 0 Å². The van der Waals surface area contributed by atoms with Crippen LogP contribution in [0.5, 0.6) is 0 Å². The van der Waals surface area contributed by atoms with Crippen LogP contribution in [0.3, 0.4) is 0 Å². The second-order valence-corrected chi connectivity index (χ2v) is 8.86. The molecule has 0 aromatic carbocycles. The van der Waals surface area contributed by atoms with E-state index in [1.807, 2.05) is 46.8 Å². The van der Waals surface area contributed by atoms with Crippen molar-refractivity contribution in [1.82, 2.24) is 15.5 Å². The highest BCUT2D eigenvalue weighted by molar-refractivity contribution is 6.08. The average Bonchev–Trinajstić information content (AvgIpc) is 2.80. The predicted octanol–water partition coefficient (Wildman–Crippen LogP) is 1.38. The molecule has 0 aromatic heterocycles. The highest BCUT2D eigenvalue weighted by Crippen LogP contribution is 2.37. The Balaban J connectivity index is 2.10. The second-order valence-electron chi connectivity index (χ2n) is 8.86. The first kappa shape index (κ1) is 21.1. The molecule has 3 unspecified atom stereocenters. The van der Waals surface area contributed by atoms with Gasteiger partial charge in [-0.3, -0.25) is 24.1 Å². The summed E-state index contributed by atoms with van der Waals surface area (Å²) in [6, 6.07) is -0.877. The largest absolute Gasteiger partial charge is 0.350 e. The molecule has 150 valence electrons. The van der Waals surface area contributed by atoms with E-state index in [0.717, 1.165) is 4.90 Å². The highest BCUT2D eigenvalue weighted by Gasteiger charge is 2.51. The Hall–Kier alpha value is -2.18. The fourth-order valence-corrected chi connectivity index (χ4v) is 3.66. The third kappa shape index (κ3) is 5.17. The number of nitrogens with one attached hydrogen (secondary N) is 2. The van der Waals surface area contributed by atoms with Gasteiger partial charge in [-0.1, -0.05) is 26.0 Å². The van der Waals surface area contributed by atoms with E-state index in [0.29, 0.717) is 19.3 Å². The molecule has 1 aliphatic heterocycles. The summed E-state index contributed by atoms with van der Waals surface area (Å²) in [4.78, 5) is 51.5. The van der Waals surface area contributed by atoms with Crippen molar-refractivity contribution in [3.63, 3.8) is 0 Å². The van der Waals surface area contributed by atoms with Gasteiger partial charge in [0.25, 0.3) is 0 Å². The van der Waals surface area contributed by atoms with Crippen molar-refractivity contribution in [1.29, 1.82) is 0 Å². The molecule has 7 nitrogen and oxygen atoms in total. The lowest BCUT2D eigenvalue weighted by atomic mass is 9.85. The Kier molecular flexibility index (Phi) is 6.44. The molecule has 2 N–H and O–H groups in total. The summed E-state index contributed by atoms with van der Waals surface area (Å²) in [5, 5.41) is 5.37. The third-order valence-electron chi connectivity index (χ3n) is 4.79. The lowest BCUT2D eigenvalue weighted by Crippen LogP contribution is -2.53. The topological polar surface area (TPSA) is 95.6 Å². The number of imide groups is 1. The van der Waals surface area contributed by atoms with Gasteiger partial charge in [-0.05, 0) is 46.0 Å². The van der Waals surface area contributed by atoms with Crippen LogP contribution in [0.2, 0.25) is 0 Å². The van der Waals surface area contributed by atoms with Crippen LogP contribution < -0.4 is 10.6 Å². The van der Waals surface area contributed by atoms with Gasteiger partial charge >= 0.3 is 0 Å². The van der Waals surface area contributed by atoms with Crippen molar-refractivity contribution in [2.45, 2.75) is 65.5 Å². The molecule has 7 heteroatoms. The van der Waals surface area contributed by atoms with Crippen LogP contribution in [0.15, 0.2) is 12.2 Å². The van der Waals surface area contributed by atoms with Gasteiger partial charge in [-0.2, -0.15) is 0 Å². The van der Waals surface area contributed by atoms with E-state index in [1.165, 1.54) is 0 Å². The Morgan fingerprint density at radius 3 is 2.07 bits per heavy atom. The standard InChI is InChI=1S/C20H31N3O4/c1-12(2)10-15(17(25)21-11-16(24)22-20(3,4)5)23-18(26)13-8-6-7-9-14(13)19(23)27/h6-7,12-15H,8-11H2,1-5H3,(H,21,25)(H,22,24). The molecule has 4 amide bonds. The summed E-state index contributed by atoms with van der Waals surface area (Å²) in [6.45, 7) is 9.25. The van der Waals surface area contributed by atoms with E-state index in [-0.39, 0.29) is 42.0 Å². The smallest absolute Gasteiger partial charge is 0.243 e. The number of likely N-dealkylation sites (tertiary alicyclic amines) is 1. The first-order valence-corrected chi connectivity index (χ1v) is 9.62. The zero-order valence-corrected chi connectivity index (χ0v) is 16.9. The van der Waals surface area contributed by atoms with E-state index in [4.69, 9.17) is 0 Å². The number of amides is 4. The first-order chi connectivity index (χ1) is 12.5. The van der Waals surface area contributed by atoms with Gasteiger partial charge in [0.05, 0.1) is 18.4 Å². The minimum Gasteiger partial charge on any atom is -0.350 e. The predicted molar refractivity (Wildman–Crippen MR) is 101 cm³/mol. The third-order valence-corrected chi connectivity index (χ3v) is 4.79. The van der Waals surface area contributed by atoms with Gasteiger partial charge in [0.1, 0.15) is 6.04 Å². The van der Waals surface area contributed by atoms with Gasteiger partial charge in [0.15, 0.2) is 0 Å². The fourth-order valence-electron chi connectivity index (χ4n) is 3.66. The molecular formula is C20H31N3O4. The van der Waals surface area contributed by atoms with Crippen molar-refractivity contribution in [3.05, 3.63) is 12.2 Å². The van der Waals surface area contributed by atoms with E-state index in [1.54, 1.807) is 0 Å². The molecule has 1 fully saturated rings. The van der Waals surface area contributed by atoms with E-state index in [2.05, 4.69) is 10.6 Å². The Morgan fingerprint density at radius 2 is 1.63 bits per heavy atom. The van der Waals surface area contributed by atoms with E-state index in [9.17, 15) is 19.2 Å². The molecule has 3 atom stereocenters. The summed E-state index contributed by atoms with van der Waals surface area (Å²) < 4.78 is 0. The van der Waals surface area contributed by atoms with Crippen LogP contribution in [0.1, 0.15) is 53.9 Å². The van der Waals surface area contributed by atoms with Crippen molar-refractivity contribution in [2.24, 2.45) is 17.8 Å². The second kappa shape index (κ2) is 8.23. The number of carbonyl (C=O) groups is 4. The number of hydrogen-bond acceptors (Lipinski definition) is 4. The molecule has 0 saturated carbocycles. The van der Waals surface area contributed by atoms with Crippen LogP contribution in [-0.4, -0.2) is 46.7 Å². The quantitative estimate of drug-likeness (QED) is 0.540. The van der Waals surface area contributed by atoms with Gasteiger partial charge in [-0.25, -0.2) is 0 Å². The zero-order valence-electron chi connectivity index (χ0n) is 16.9. The maximum Gasteiger partial charge on any atom is 0.243 e. The summed E-state index contributed by atoms with van der Waals surface area (Å²) in [6.07, 6.45) is 5.29. The van der Waals surface area contributed by atoms with Gasteiger partial charge < -0.3 is 10.6 Å². The lowest BCUT2D eigenvalue weighted by Gasteiger charge is -2.27. The van der Waals surface area contributed by atoms with Crippen LogP contribution in [-0.2, 0) is 19.2 Å². The maximum atomic E-state index is 12.8. The van der Waals surface area contributed by atoms with Crippen LogP contribution in [0.25, 0.3) is 0 Å². The van der Waals surface area contributed by atoms with Gasteiger partial charge in [-0.15, -0.1) is 0 Å². The number of carbonyl (C=O) groups excluding carboxylic acids is 4. The Labute approximate surface area is 160 Å². The number of fused-ring (bicyclic) bond motifs is 1. The molecule has 2 rings (SSSR count). The summed E-state index contributed by atoms with van der Waals surface area (Å²) in [7, 11) is 0. The molecule has 0 aromatic rings. The minimum absolute atomic E-state index is 0.116. The lowest BCUT2D eigenvalue weighted by molar-refractivity contribution is -0.148. The summed E-state index contributed by atoms with van der Waals surface area (Å²) in [5.41, 5.74) is -0.400. The molecule has 1 aliphatic carbocycles. The summed E-state index contributed by atoms with van der Waals surface area (Å²) >= 11 is 0. The molecule has 2 aliphatic rings. The molecule has 0 spiro atoms. The first-order valence-electron chi connectivity index (χ1n) is 9.62. The fraction of sp³-hybridized carbons (Fsp3) is 0.700.